The molecule has 0 N–H and O–H groups in total. The Morgan fingerprint density at radius 2 is 1.80 bits per heavy atom. The van der Waals surface area contributed by atoms with E-state index in [0.717, 1.165) is 17.3 Å². The highest BCUT2D eigenvalue weighted by Crippen LogP contribution is 2.32. The number of rotatable bonds is 4. The zero-order valence-electron chi connectivity index (χ0n) is 12.0. The molecule has 2 heteroatoms. The third kappa shape index (κ3) is 2.11. The van der Waals surface area contributed by atoms with Crippen molar-refractivity contribution in [3.05, 3.63) is 48.0 Å². The van der Waals surface area contributed by atoms with E-state index < -0.39 is 0 Å². The van der Waals surface area contributed by atoms with E-state index in [1.165, 1.54) is 29.2 Å². The van der Waals surface area contributed by atoms with Gasteiger partial charge in [-0.05, 0) is 35.9 Å². The van der Waals surface area contributed by atoms with Crippen LogP contribution in [0, 0.1) is 0 Å². The van der Waals surface area contributed by atoms with Crippen LogP contribution >= 0.6 is 0 Å². The summed E-state index contributed by atoms with van der Waals surface area (Å²) in [6, 6.07) is 14.7. The second kappa shape index (κ2) is 5.49. The van der Waals surface area contributed by atoms with Gasteiger partial charge in [0.05, 0.1) is 12.6 Å². The van der Waals surface area contributed by atoms with Crippen molar-refractivity contribution < 1.29 is 4.74 Å². The second-order valence-electron chi connectivity index (χ2n) is 5.08. The van der Waals surface area contributed by atoms with Gasteiger partial charge in [0.2, 0.25) is 5.88 Å². The minimum atomic E-state index is 0.709. The van der Waals surface area contributed by atoms with Crippen LogP contribution in [0.1, 0.15) is 25.3 Å². The molecule has 2 nitrogen and oxygen atoms in total. The molecule has 0 saturated heterocycles. The van der Waals surface area contributed by atoms with Crippen LogP contribution in [0.3, 0.4) is 0 Å². The summed E-state index contributed by atoms with van der Waals surface area (Å²) in [5, 5.41) is 3.60. The molecule has 3 aromatic rings. The van der Waals surface area contributed by atoms with Crippen molar-refractivity contribution >= 4 is 21.7 Å². The fourth-order valence-electron chi connectivity index (χ4n) is 2.78. The van der Waals surface area contributed by atoms with Crippen molar-refractivity contribution in [2.24, 2.45) is 0 Å². The lowest BCUT2D eigenvalue weighted by Crippen LogP contribution is -1.94. The Balaban J connectivity index is 2.36. The highest BCUT2D eigenvalue weighted by atomic mass is 16.5. The number of unbranched alkanes of at least 4 members (excludes halogenated alkanes) is 1. The molecule has 3 rings (SSSR count). The summed E-state index contributed by atoms with van der Waals surface area (Å²) in [6.07, 6.45) is 3.52. The first-order chi connectivity index (χ1) is 9.85. The summed E-state index contributed by atoms with van der Waals surface area (Å²) in [4.78, 5) is 4.67. The molecule has 0 aliphatic rings. The van der Waals surface area contributed by atoms with Gasteiger partial charge < -0.3 is 4.74 Å². The zero-order chi connectivity index (χ0) is 13.9. The topological polar surface area (TPSA) is 22.1 Å². The number of fused-ring (bicyclic) bond motifs is 3. The van der Waals surface area contributed by atoms with Crippen LogP contribution in [0.5, 0.6) is 5.88 Å². The quantitative estimate of drug-likeness (QED) is 0.636. The average molecular weight is 265 g/mol. The molecular weight excluding hydrogens is 246 g/mol. The maximum Gasteiger partial charge on any atom is 0.221 e. The van der Waals surface area contributed by atoms with Gasteiger partial charge in [-0.3, -0.25) is 0 Å². The highest BCUT2D eigenvalue weighted by molar-refractivity contribution is 6.09. The lowest BCUT2D eigenvalue weighted by Gasteiger charge is -2.11. The van der Waals surface area contributed by atoms with E-state index >= 15 is 0 Å². The number of pyridine rings is 1. The zero-order valence-corrected chi connectivity index (χ0v) is 12.0. The third-order valence-corrected chi connectivity index (χ3v) is 3.77. The number of aromatic nitrogens is 1. The molecule has 0 aliphatic heterocycles. The van der Waals surface area contributed by atoms with E-state index in [1.807, 2.05) is 6.07 Å². The number of nitrogens with zero attached hydrogens (tertiary/aromatic N) is 1. The summed E-state index contributed by atoms with van der Waals surface area (Å²) in [7, 11) is 1.68. The van der Waals surface area contributed by atoms with Gasteiger partial charge in [0.1, 0.15) is 0 Å². The lowest BCUT2D eigenvalue weighted by molar-refractivity contribution is 0.405. The van der Waals surface area contributed by atoms with E-state index in [2.05, 4.69) is 48.3 Å². The molecule has 0 unspecified atom stereocenters. The number of methoxy groups -OCH3 is 1. The first-order valence-corrected chi connectivity index (χ1v) is 7.19. The maximum atomic E-state index is 5.45. The molecule has 0 spiro atoms. The standard InChI is InChI=1S/C18H19NO/c1-3-4-8-13-9-7-12-16-17(13)14-10-5-6-11-15(14)18(19-16)20-2/h5-7,9-12H,3-4,8H2,1-2H3. The van der Waals surface area contributed by atoms with Crippen LogP contribution in [0.15, 0.2) is 42.5 Å². The molecule has 2 aromatic carbocycles. The Morgan fingerprint density at radius 3 is 2.55 bits per heavy atom. The third-order valence-electron chi connectivity index (χ3n) is 3.77. The predicted octanol–water partition coefficient (Wildman–Crippen LogP) is 4.74. The average Bonchev–Trinajstić information content (AvgIpc) is 2.51. The smallest absolute Gasteiger partial charge is 0.221 e. The van der Waals surface area contributed by atoms with Gasteiger partial charge in [0.15, 0.2) is 0 Å². The SMILES string of the molecule is CCCCc1cccc2nc(OC)c3ccccc3c12. The Morgan fingerprint density at radius 1 is 1.00 bits per heavy atom. The molecule has 20 heavy (non-hydrogen) atoms. The van der Waals surface area contributed by atoms with Gasteiger partial charge >= 0.3 is 0 Å². The minimum Gasteiger partial charge on any atom is -0.481 e. The van der Waals surface area contributed by atoms with E-state index in [-0.39, 0.29) is 0 Å². The molecule has 0 bridgehead atoms. The van der Waals surface area contributed by atoms with Gasteiger partial charge in [0.25, 0.3) is 0 Å². The largest absolute Gasteiger partial charge is 0.481 e. The Bertz CT molecular complexity index is 749. The van der Waals surface area contributed by atoms with Crippen molar-refractivity contribution in [2.45, 2.75) is 26.2 Å². The van der Waals surface area contributed by atoms with E-state index in [4.69, 9.17) is 4.74 Å². The van der Waals surface area contributed by atoms with Gasteiger partial charge in [-0.25, -0.2) is 4.98 Å². The van der Waals surface area contributed by atoms with Gasteiger partial charge in [-0.1, -0.05) is 43.7 Å². The first-order valence-electron chi connectivity index (χ1n) is 7.19. The van der Waals surface area contributed by atoms with Crippen molar-refractivity contribution in [2.75, 3.05) is 7.11 Å². The molecule has 0 fully saturated rings. The Kier molecular flexibility index (Phi) is 3.55. The molecule has 0 amide bonds. The second-order valence-corrected chi connectivity index (χ2v) is 5.08. The normalized spacial score (nSPS) is 11.1. The lowest BCUT2D eigenvalue weighted by atomic mass is 9.98. The number of hydrogen-bond donors (Lipinski definition) is 0. The summed E-state index contributed by atoms with van der Waals surface area (Å²) in [5.74, 6) is 0.709. The van der Waals surface area contributed by atoms with Crippen molar-refractivity contribution in [3.63, 3.8) is 0 Å². The Hall–Kier alpha value is -2.09. The fourth-order valence-corrected chi connectivity index (χ4v) is 2.78. The van der Waals surface area contributed by atoms with Crippen LogP contribution in [-0.2, 0) is 6.42 Å². The van der Waals surface area contributed by atoms with Crippen molar-refractivity contribution in [1.29, 1.82) is 0 Å². The maximum absolute atomic E-state index is 5.45. The van der Waals surface area contributed by atoms with E-state index in [9.17, 15) is 0 Å². The van der Waals surface area contributed by atoms with Crippen LogP contribution in [0.25, 0.3) is 21.7 Å². The van der Waals surface area contributed by atoms with Crippen LogP contribution < -0.4 is 4.74 Å². The Labute approximate surface area is 119 Å². The van der Waals surface area contributed by atoms with Crippen LogP contribution in [-0.4, -0.2) is 12.1 Å². The highest BCUT2D eigenvalue weighted by Gasteiger charge is 2.11. The van der Waals surface area contributed by atoms with Gasteiger partial charge in [-0.15, -0.1) is 0 Å². The van der Waals surface area contributed by atoms with E-state index in [1.54, 1.807) is 7.11 Å². The van der Waals surface area contributed by atoms with Crippen molar-refractivity contribution in [1.82, 2.24) is 4.98 Å². The molecule has 0 aliphatic carbocycles. The monoisotopic (exact) mass is 265 g/mol. The van der Waals surface area contributed by atoms with Gasteiger partial charge in [-0.2, -0.15) is 0 Å². The number of ether oxygens (including phenoxy) is 1. The minimum absolute atomic E-state index is 0.709. The summed E-state index contributed by atoms with van der Waals surface area (Å²) in [5.41, 5.74) is 2.41. The molecular formula is C18H19NO. The van der Waals surface area contributed by atoms with Gasteiger partial charge in [0, 0.05) is 10.8 Å². The predicted molar refractivity (Wildman–Crippen MR) is 84.4 cm³/mol. The molecule has 102 valence electrons. The number of benzene rings is 2. The molecule has 1 heterocycles. The summed E-state index contributed by atoms with van der Waals surface area (Å²) >= 11 is 0. The number of aryl methyl sites for hydroxylation is 1. The summed E-state index contributed by atoms with van der Waals surface area (Å²) in [6.45, 7) is 2.23. The fraction of sp³-hybridized carbons (Fsp3) is 0.278. The first kappa shape index (κ1) is 12.9. The van der Waals surface area contributed by atoms with Crippen molar-refractivity contribution in [3.8, 4) is 5.88 Å². The molecule has 0 radical (unpaired) electrons. The van der Waals surface area contributed by atoms with Crippen LogP contribution in [0.2, 0.25) is 0 Å². The molecule has 0 atom stereocenters. The molecule has 1 aromatic heterocycles. The molecule has 0 saturated carbocycles. The van der Waals surface area contributed by atoms with E-state index in [0.29, 0.717) is 5.88 Å². The number of hydrogen-bond acceptors (Lipinski definition) is 2. The summed E-state index contributed by atoms with van der Waals surface area (Å²) < 4.78 is 5.45. The van der Waals surface area contributed by atoms with Crippen LogP contribution in [0.4, 0.5) is 0 Å².